The molecule has 1 amide bonds. The first-order valence-electron chi connectivity index (χ1n) is 7.69. The van der Waals surface area contributed by atoms with Crippen molar-refractivity contribution in [3.63, 3.8) is 0 Å². The van der Waals surface area contributed by atoms with Crippen molar-refractivity contribution < 1.29 is 33.4 Å². The van der Waals surface area contributed by atoms with Crippen LogP contribution in [0.15, 0.2) is 0 Å². The van der Waals surface area contributed by atoms with Gasteiger partial charge in [-0.1, -0.05) is 13.3 Å². The number of esters is 2. The highest BCUT2D eigenvalue weighted by Crippen LogP contribution is 2.29. The fraction of sp³-hybridized carbons (Fsp3) is 0.750. The molecule has 0 spiro atoms. The number of hydrogen-bond acceptors (Lipinski definition) is 7. The molecule has 0 aromatic carbocycles. The number of carbonyl (C=O) groups is 4. The van der Waals surface area contributed by atoms with E-state index in [1.54, 1.807) is 27.7 Å². The van der Waals surface area contributed by atoms with Crippen LogP contribution in [-0.4, -0.2) is 49.7 Å². The minimum Gasteiger partial charge on any atom is -0.469 e. The van der Waals surface area contributed by atoms with E-state index in [2.05, 4.69) is 5.32 Å². The summed E-state index contributed by atoms with van der Waals surface area (Å²) in [6.45, 7) is 6.74. The molecule has 0 aromatic rings. The van der Waals surface area contributed by atoms with Gasteiger partial charge in [-0.05, 0) is 27.2 Å². The number of alkyl carbamates (subject to hydrolysis) is 1. The summed E-state index contributed by atoms with van der Waals surface area (Å²) in [5.74, 6) is -2.72. The van der Waals surface area contributed by atoms with Gasteiger partial charge in [0.2, 0.25) is 0 Å². The molecule has 0 aliphatic rings. The summed E-state index contributed by atoms with van der Waals surface area (Å²) in [5.41, 5.74) is -2.71. The van der Waals surface area contributed by atoms with Crippen molar-refractivity contribution in [2.24, 2.45) is 5.92 Å². The third-order valence-corrected chi connectivity index (χ3v) is 3.34. The van der Waals surface area contributed by atoms with Crippen molar-refractivity contribution in [3.05, 3.63) is 0 Å². The van der Waals surface area contributed by atoms with Crippen molar-refractivity contribution >= 4 is 24.3 Å². The minimum atomic E-state index is -1.89. The van der Waals surface area contributed by atoms with E-state index in [1.807, 2.05) is 0 Å². The molecule has 1 N–H and O–H groups in total. The first kappa shape index (κ1) is 21.9. The summed E-state index contributed by atoms with van der Waals surface area (Å²) in [4.78, 5) is 47.9. The number of nitrogens with one attached hydrogen (secondary N) is 1. The Bertz CT molecular complexity index is 470. The van der Waals surface area contributed by atoms with E-state index in [4.69, 9.17) is 14.2 Å². The lowest BCUT2D eigenvalue weighted by molar-refractivity contribution is -0.162. The topological polar surface area (TPSA) is 108 Å². The third-order valence-electron chi connectivity index (χ3n) is 3.34. The van der Waals surface area contributed by atoms with Crippen LogP contribution < -0.4 is 5.32 Å². The van der Waals surface area contributed by atoms with Crippen LogP contribution in [0.4, 0.5) is 4.79 Å². The van der Waals surface area contributed by atoms with Crippen LogP contribution in [0.5, 0.6) is 0 Å². The molecule has 0 bridgehead atoms. The quantitative estimate of drug-likeness (QED) is 0.404. The summed E-state index contributed by atoms with van der Waals surface area (Å²) in [6.07, 6.45) is -0.197. The monoisotopic (exact) mass is 345 g/mol. The van der Waals surface area contributed by atoms with Crippen LogP contribution in [0.25, 0.3) is 0 Å². The highest BCUT2D eigenvalue weighted by molar-refractivity contribution is 5.94. The smallest absolute Gasteiger partial charge is 0.408 e. The number of carbonyl (C=O) groups excluding carboxylic acids is 4. The molecule has 138 valence electrons. The molecule has 2 unspecified atom stereocenters. The Morgan fingerprint density at radius 3 is 2.08 bits per heavy atom. The predicted molar refractivity (Wildman–Crippen MR) is 85.2 cm³/mol. The fourth-order valence-electron chi connectivity index (χ4n) is 2.35. The summed E-state index contributed by atoms with van der Waals surface area (Å²) in [6, 6.07) is 0. The summed E-state index contributed by atoms with van der Waals surface area (Å²) >= 11 is 0. The molecule has 0 saturated heterocycles. The zero-order valence-electron chi connectivity index (χ0n) is 15.1. The van der Waals surface area contributed by atoms with Gasteiger partial charge < -0.3 is 24.3 Å². The summed E-state index contributed by atoms with van der Waals surface area (Å²) in [7, 11) is 2.28. The first-order valence-corrected chi connectivity index (χ1v) is 7.69. The molecular formula is C16H27NO7. The molecule has 0 heterocycles. The second kappa shape index (κ2) is 9.24. The zero-order chi connectivity index (χ0) is 19.0. The van der Waals surface area contributed by atoms with Gasteiger partial charge in [-0.25, -0.2) is 9.59 Å². The van der Waals surface area contributed by atoms with Gasteiger partial charge in [0.05, 0.1) is 20.1 Å². The van der Waals surface area contributed by atoms with Gasteiger partial charge in [-0.3, -0.25) is 4.79 Å². The van der Waals surface area contributed by atoms with Crippen LogP contribution in [0.1, 0.15) is 47.0 Å². The molecule has 8 nitrogen and oxygen atoms in total. The maximum absolute atomic E-state index is 12.4. The lowest BCUT2D eigenvalue weighted by atomic mass is 9.78. The van der Waals surface area contributed by atoms with E-state index < -0.39 is 41.5 Å². The van der Waals surface area contributed by atoms with Gasteiger partial charge in [0.25, 0.3) is 0 Å². The van der Waals surface area contributed by atoms with Gasteiger partial charge in [0.1, 0.15) is 11.9 Å². The molecule has 0 aromatic heterocycles. The molecule has 0 aliphatic carbocycles. The number of aldehydes is 1. The molecule has 0 aliphatic heterocycles. The van der Waals surface area contributed by atoms with Crippen molar-refractivity contribution in [1.82, 2.24) is 5.32 Å². The SMILES string of the molecule is CCCC(C(=O)OC)C(CC=O)(NC(=O)OC(C)(C)C)C(=O)OC. The summed E-state index contributed by atoms with van der Waals surface area (Å²) in [5, 5.41) is 2.37. The van der Waals surface area contributed by atoms with Crippen molar-refractivity contribution in [3.8, 4) is 0 Å². The molecule has 0 fully saturated rings. The van der Waals surface area contributed by atoms with Crippen LogP contribution in [0.2, 0.25) is 0 Å². The van der Waals surface area contributed by atoms with Crippen molar-refractivity contribution in [1.29, 1.82) is 0 Å². The molecule has 0 saturated carbocycles. The standard InChI is InChI=1S/C16H27NO7/c1-7-8-11(12(19)22-5)16(9-10-18,13(20)23-6)17-14(21)24-15(2,3)4/h10-11H,7-9H2,1-6H3,(H,17,21). The Hall–Kier alpha value is -2.12. The second-order valence-corrected chi connectivity index (χ2v) is 6.33. The van der Waals surface area contributed by atoms with E-state index in [0.717, 1.165) is 7.11 Å². The molecule has 0 radical (unpaired) electrons. The Labute approximate surface area is 142 Å². The van der Waals surface area contributed by atoms with Gasteiger partial charge in [-0.2, -0.15) is 0 Å². The normalized spacial score (nSPS) is 14.8. The number of amides is 1. The fourth-order valence-corrected chi connectivity index (χ4v) is 2.35. The highest BCUT2D eigenvalue weighted by Gasteiger charge is 2.52. The Balaban J connectivity index is 5.93. The Morgan fingerprint density at radius 2 is 1.71 bits per heavy atom. The average molecular weight is 345 g/mol. The van der Waals surface area contributed by atoms with Gasteiger partial charge >= 0.3 is 18.0 Å². The van der Waals surface area contributed by atoms with Crippen molar-refractivity contribution in [2.45, 2.75) is 58.1 Å². The predicted octanol–water partition coefficient (Wildman–Crippen LogP) is 1.60. The van der Waals surface area contributed by atoms with Crippen LogP contribution >= 0.6 is 0 Å². The van der Waals surface area contributed by atoms with E-state index in [0.29, 0.717) is 12.7 Å². The van der Waals surface area contributed by atoms with E-state index in [-0.39, 0.29) is 6.42 Å². The highest BCUT2D eigenvalue weighted by atomic mass is 16.6. The molecule has 2 atom stereocenters. The Morgan fingerprint density at radius 1 is 1.12 bits per heavy atom. The third kappa shape index (κ3) is 5.82. The lowest BCUT2D eigenvalue weighted by Crippen LogP contribution is -2.62. The second-order valence-electron chi connectivity index (χ2n) is 6.33. The molecule has 0 rings (SSSR count). The first-order chi connectivity index (χ1) is 11.1. The van der Waals surface area contributed by atoms with Gasteiger partial charge in [-0.15, -0.1) is 0 Å². The average Bonchev–Trinajstić information content (AvgIpc) is 2.48. The largest absolute Gasteiger partial charge is 0.469 e. The Kier molecular flexibility index (Phi) is 8.43. The number of rotatable bonds is 8. The van der Waals surface area contributed by atoms with Gasteiger partial charge in [0, 0.05) is 6.42 Å². The molecule has 24 heavy (non-hydrogen) atoms. The van der Waals surface area contributed by atoms with Crippen LogP contribution in [-0.2, 0) is 28.6 Å². The van der Waals surface area contributed by atoms with E-state index in [9.17, 15) is 19.2 Å². The maximum Gasteiger partial charge on any atom is 0.408 e. The number of hydrogen-bond donors (Lipinski definition) is 1. The molecular weight excluding hydrogens is 318 g/mol. The van der Waals surface area contributed by atoms with Crippen LogP contribution in [0, 0.1) is 5.92 Å². The minimum absolute atomic E-state index is 0.214. The van der Waals surface area contributed by atoms with E-state index >= 15 is 0 Å². The zero-order valence-corrected chi connectivity index (χ0v) is 15.1. The van der Waals surface area contributed by atoms with Crippen LogP contribution in [0.3, 0.4) is 0 Å². The maximum atomic E-state index is 12.4. The number of methoxy groups -OCH3 is 2. The number of ether oxygens (including phenoxy) is 3. The lowest BCUT2D eigenvalue weighted by Gasteiger charge is -2.36. The summed E-state index contributed by atoms with van der Waals surface area (Å²) < 4.78 is 14.6. The van der Waals surface area contributed by atoms with Gasteiger partial charge in [0.15, 0.2) is 5.54 Å². The van der Waals surface area contributed by atoms with Crippen molar-refractivity contribution in [2.75, 3.05) is 14.2 Å². The van der Waals surface area contributed by atoms with E-state index in [1.165, 1.54) is 7.11 Å². The molecule has 8 heteroatoms.